The molecular formula is C16H22Cl2N2. The molecule has 2 unspecified atom stereocenters. The lowest BCUT2D eigenvalue weighted by atomic mass is 9.89. The van der Waals surface area contributed by atoms with Gasteiger partial charge in [-0.25, -0.2) is 0 Å². The second-order valence-corrected chi connectivity index (χ2v) is 6.99. The molecule has 2 heterocycles. The van der Waals surface area contributed by atoms with Crippen LogP contribution in [0.3, 0.4) is 0 Å². The first-order chi connectivity index (χ1) is 9.70. The molecular weight excluding hydrogens is 291 g/mol. The predicted molar refractivity (Wildman–Crippen MR) is 85.5 cm³/mol. The highest BCUT2D eigenvalue weighted by molar-refractivity contribution is 6.34. The summed E-state index contributed by atoms with van der Waals surface area (Å²) in [5.74, 6) is 0.806. The highest BCUT2D eigenvalue weighted by atomic mass is 35.5. The molecule has 2 nitrogen and oxygen atoms in total. The average Bonchev–Trinajstić information content (AvgIpc) is 2.91. The molecule has 1 aromatic rings. The summed E-state index contributed by atoms with van der Waals surface area (Å²) in [6, 6.07) is 6.60. The zero-order valence-corrected chi connectivity index (χ0v) is 13.3. The number of hydrogen-bond acceptors (Lipinski definition) is 2. The number of benzene rings is 1. The molecule has 2 aliphatic rings. The Kier molecular flexibility index (Phi) is 4.87. The Morgan fingerprint density at radius 3 is 2.60 bits per heavy atom. The van der Waals surface area contributed by atoms with Gasteiger partial charge in [0, 0.05) is 29.2 Å². The van der Waals surface area contributed by atoms with Crippen molar-refractivity contribution in [2.45, 2.75) is 38.3 Å². The lowest BCUT2D eigenvalue weighted by Gasteiger charge is -2.35. The second-order valence-electron chi connectivity index (χ2n) is 6.12. The molecule has 3 rings (SSSR count). The maximum Gasteiger partial charge on any atom is 0.0424 e. The number of nitrogens with zero attached hydrogens (tertiary/aromatic N) is 1. The number of rotatable bonds is 3. The zero-order valence-electron chi connectivity index (χ0n) is 11.7. The molecule has 110 valence electrons. The summed E-state index contributed by atoms with van der Waals surface area (Å²) in [4.78, 5) is 2.55. The third kappa shape index (κ3) is 3.67. The van der Waals surface area contributed by atoms with Crippen LogP contribution in [0.25, 0.3) is 0 Å². The summed E-state index contributed by atoms with van der Waals surface area (Å²) in [7, 11) is 0. The Labute approximate surface area is 131 Å². The maximum absolute atomic E-state index is 6.09. The van der Waals surface area contributed by atoms with Crippen molar-refractivity contribution in [3.63, 3.8) is 0 Å². The summed E-state index contributed by atoms with van der Waals surface area (Å²) in [6.07, 6.45) is 5.36. The Bertz CT molecular complexity index is 438. The minimum Gasteiger partial charge on any atom is -0.314 e. The van der Waals surface area contributed by atoms with Crippen molar-refractivity contribution >= 4 is 23.2 Å². The van der Waals surface area contributed by atoms with Crippen LogP contribution in [0, 0.1) is 5.92 Å². The van der Waals surface area contributed by atoms with Gasteiger partial charge >= 0.3 is 0 Å². The second kappa shape index (κ2) is 6.65. The first kappa shape index (κ1) is 14.6. The number of nitrogens with one attached hydrogen (secondary N) is 1. The summed E-state index contributed by atoms with van der Waals surface area (Å²) in [5, 5.41) is 5.13. The fourth-order valence-corrected chi connectivity index (χ4v) is 4.21. The fourth-order valence-electron chi connectivity index (χ4n) is 3.64. The minimum absolute atomic E-state index is 0.735. The van der Waals surface area contributed by atoms with Crippen molar-refractivity contribution in [2.24, 2.45) is 5.92 Å². The van der Waals surface area contributed by atoms with Crippen molar-refractivity contribution in [1.82, 2.24) is 10.2 Å². The quantitative estimate of drug-likeness (QED) is 0.909. The van der Waals surface area contributed by atoms with E-state index in [0.717, 1.165) is 28.5 Å². The van der Waals surface area contributed by atoms with Gasteiger partial charge in [0.2, 0.25) is 0 Å². The summed E-state index contributed by atoms with van der Waals surface area (Å²) in [6.45, 7) is 4.55. The lowest BCUT2D eigenvalue weighted by Crippen LogP contribution is -2.43. The largest absolute Gasteiger partial charge is 0.314 e. The normalized spacial score (nSPS) is 27.9. The van der Waals surface area contributed by atoms with Crippen LogP contribution in [0.2, 0.25) is 10.0 Å². The molecule has 0 saturated carbocycles. The van der Waals surface area contributed by atoms with Crippen LogP contribution in [0.1, 0.15) is 31.2 Å². The SMILES string of the molecule is Clc1cc(Cl)cc(CN2CCCC(C3CCCN3)C2)c1. The molecule has 0 amide bonds. The van der Waals surface area contributed by atoms with Gasteiger partial charge in [0.05, 0.1) is 0 Å². The van der Waals surface area contributed by atoms with Crippen molar-refractivity contribution in [3.05, 3.63) is 33.8 Å². The third-order valence-electron chi connectivity index (χ3n) is 4.54. The van der Waals surface area contributed by atoms with Gasteiger partial charge in [-0.3, -0.25) is 4.90 Å². The summed E-state index contributed by atoms with van der Waals surface area (Å²) >= 11 is 12.2. The number of piperidine rings is 1. The molecule has 0 bridgehead atoms. The van der Waals surface area contributed by atoms with E-state index in [1.807, 2.05) is 12.1 Å². The van der Waals surface area contributed by atoms with Crippen LogP contribution in [-0.4, -0.2) is 30.6 Å². The van der Waals surface area contributed by atoms with Crippen LogP contribution in [0.5, 0.6) is 0 Å². The molecule has 20 heavy (non-hydrogen) atoms. The molecule has 0 spiro atoms. The van der Waals surface area contributed by atoms with Gasteiger partial charge in [0.15, 0.2) is 0 Å². The first-order valence-corrected chi connectivity index (χ1v) is 8.37. The molecule has 4 heteroatoms. The Morgan fingerprint density at radius 1 is 1.10 bits per heavy atom. The van der Waals surface area contributed by atoms with Crippen molar-refractivity contribution in [3.8, 4) is 0 Å². The van der Waals surface area contributed by atoms with Gasteiger partial charge in [-0.15, -0.1) is 0 Å². The van der Waals surface area contributed by atoms with Gasteiger partial charge in [-0.1, -0.05) is 23.2 Å². The number of hydrogen-bond donors (Lipinski definition) is 1. The number of likely N-dealkylation sites (tertiary alicyclic amines) is 1. The monoisotopic (exact) mass is 312 g/mol. The van der Waals surface area contributed by atoms with E-state index in [-0.39, 0.29) is 0 Å². The third-order valence-corrected chi connectivity index (χ3v) is 4.97. The molecule has 1 aromatic carbocycles. The van der Waals surface area contributed by atoms with E-state index in [2.05, 4.69) is 10.2 Å². The van der Waals surface area contributed by atoms with E-state index in [4.69, 9.17) is 23.2 Å². The van der Waals surface area contributed by atoms with Crippen LogP contribution in [0.15, 0.2) is 18.2 Å². The molecule has 1 N–H and O–H groups in total. The molecule has 2 fully saturated rings. The Balaban J connectivity index is 1.61. The fraction of sp³-hybridized carbons (Fsp3) is 0.625. The van der Waals surface area contributed by atoms with Crippen LogP contribution in [0.4, 0.5) is 0 Å². The van der Waals surface area contributed by atoms with E-state index < -0.39 is 0 Å². The first-order valence-electron chi connectivity index (χ1n) is 7.61. The average molecular weight is 313 g/mol. The Hall–Kier alpha value is -0.280. The van der Waals surface area contributed by atoms with E-state index in [9.17, 15) is 0 Å². The summed E-state index contributed by atoms with van der Waals surface area (Å²) in [5.41, 5.74) is 1.22. The standard InChI is InChI=1S/C16H22Cl2N2/c17-14-7-12(8-15(18)9-14)10-20-6-2-3-13(11-20)16-4-1-5-19-16/h7-9,13,16,19H,1-6,10-11H2. The molecule has 2 atom stereocenters. The van der Waals surface area contributed by atoms with Crippen molar-refractivity contribution < 1.29 is 0 Å². The summed E-state index contributed by atoms with van der Waals surface area (Å²) < 4.78 is 0. The van der Waals surface area contributed by atoms with Gasteiger partial charge in [0.1, 0.15) is 0 Å². The van der Waals surface area contributed by atoms with E-state index in [1.165, 1.54) is 50.9 Å². The molecule has 0 aromatic heterocycles. The molecule has 2 aliphatic heterocycles. The van der Waals surface area contributed by atoms with Crippen LogP contribution >= 0.6 is 23.2 Å². The van der Waals surface area contributed by atoms with Crippen molar-refractivity contribution in [1.29, 1.82) is 0 Å². The van der Waals surface area contributed by atoms with E-state index >= 15 is 0 Å². The van der Waals surface area contributed by atoms with Gasteiger partial charge in [-0.05, 0) is 68.5 Å². The van der Waals surface area contributed by atoms with Gasteiger partial charge < -0.3 is 5.32 Å². The molecule has 0 radical (unpaired) electrons. The van der Waals surface area contributed by atoms with Gasteiger partial charge in [0.25, 0.3) is 0 Å². The van der Waals surface area contributed by atoms with E-state index in [0.29, 0.717) is 0 Å². The highest BCUT2D eigenvalue weighted by Gasteiger charge is 2.28. The smallest absolute Gasteiger partial charge is 0.0424 e. The lowest BCUT2D eigenvalue weighted by molar-refractivity contribution is 0.145. The predicted octanol–water partition coefficient (Wildman–Crippen LogP) is 3.96. The molecule has 2 saturated heterocycles. The maximum atomic E-state index is 6.09. The Morgan fingerprint density at radius 2 is 1.90 bits per heavy atom. The highest BCUT2D eigenvalue weighted by Crippen LogP contribution is 2.27. The van der Waals surface area contributed by atoms with Crippen LogP contribution < -0.4 is 5.32 Å². The zero-order chi connectivity index (χ0) is 13.9. The van der Waals surface area contributed by atoms with Crippen LogP contribution in [-0.2, 0) is 6.54 Å². The van der Waals surface area contributed by atoms with Gasteiger partial charge in [-0.2, -0.15) is 0 Å². The minimum atomic E-state index is 0.735. The molecule has 0 aliphatic carbocycles. The number of halogens is 2. The van der Waals surface area contributed by atoms with E-state index in [1.54, 1.807) is 6.07 Å². The topological polar surface area (TPSA) is 15.3 Å². The van der Waals surface area contributed by atoms with Crippen molar-refractivity contribution in [2.75, 3.05) is 19.6 Å².